The number of methoxy groups -OCH3 is 1. The van der Waals surface area contributed by atoms with Crippen molar-refractivity contribution in [1.82, 2.24) is 5.32 Å². The van der Waals surface area contributed by atoms with E-state index in [4.69, 9.17) is 4.74 Å². The molecule has 4 heteroatoms. The van der Waals surface area contributed by atoms with Gasteiger partial charge in [-0.2, -0.15) is 0 Å². The van der Waals surface area contributed by atoms with Crippen LogP contribution in [0.3, 0.4) is 0 Å². The van der Waals surface area contributed by atoms with Crippen LogP contribution >= 0.6 is 0 Å². The molecule has 0 atom stereocenters. The summed E-state index contributed by atoms with van der Waals surface area (Å²) in [6, 6.07) is 14.1. The molecule has 1 aliphatic heterocycles. The molecule has 1 saturated heterocycles. The van der Waals surface area contributed by atoms with Crippen molar-refractivity contribution in [2.75, 3.05) is 20.2 Å². The van der Waals surface area contributed by atoms with Crippen molar-refractivity contribution < 1.29 is 14.4 Å². The minimum absolute atomic E-state index is 0.0920. The Hall–Kier alpha value is -2.33. The molecule has 1 fully saturated rings. The van der Waals surface area contributed by atoms with Crippen LogP contribution in [0.15, 0.2) is 42.5 Å². The first kappa shape index (κ1) is 18.5. The molecule has 0 bridgehead atoms. The number of rotatable bonds is 6. The standard InChI is InChI=1S/C22H28N2O2/c1-17-10-11-21(26-2)20(14-17)22(25)23-15-18-8-4-5-9-19(18)16-24-12-6-3-7-13-24/h4-5,8-11,14H,3,6-7,12-13,15-16H2,1-2H3,(H,23,25)/p+1. The molecular formula is C22H29N2O2+. The topological polar surface area (TPSA) is 42.8 Å². The number of carbonyl (C=O) groups excluding carboxylic acids is 1. The first-order chi connectivity index (χ1) is 12.7. The Bertz CT molecular complexity index is 752. The van der Waals surface area contributed by atoms with E-state index in [0.29, 0.717) is 17.9 Å². The molecule has 2 aromatic carbocycles. The highest BCUT2D eigenvalue weighted by molar-refractivity contribution is 5.97. The Labute approximate surface area is 156 Å². The van der Waals surface area contributed by atoms with Crippen LogP contribution in [-0.4, -0.2) is 26.1 Å². The lowest BCUT2D eigenvalue weighted by molar-refractivity contribution is -0.918. The van der Waals surface area contributed by atoms with E-state index < -0.39 is 0 Å². The zero-order valence-electron chi connectivity index (χ0n) is 15.8. The van der Waals surface area contributed by atoms with Crippen molar-refractivity contribution in [1.29, 1.82) is 0 Å². The van der Waals surface area contributed by atoms with Crippen molar-refractivity contribution in [3.63, 3.8) is 0 Å². The number of nitrogens with one attached hydrogen (secondary N) is 2. The number of ether oxygens (including phenoxy) is 1. The number of aryl methyl sites for hydroxylation is 1. The highest BCUT2D eigenvalue weighted by Crippen LogP contribution is 2.19. The van der Waals surface area contributed by atoms with Crippen molar-refractivity contribution in [3.05, 3.63) is 64.7 Å². The lowest BCUT2D eigenvalue weighted by Crippen LogP contribution is -3.11. The Balaban J connectivity index is 1.68. The van der Waals surface area contributed by atoms with Gasteiger partial charge in [0.25, 0.3) is 5.91 Å². The Kier molecular flexibility index (Phi) is 6.29. The summed E-state index contributed by atoms with van der Waals surface area (Å²) in [5, 5.41) is 3.07. The smallest absolute Gasteiger partial charge is 0.255 e. The van der Waals surface area contributed by atoms with Gasteiger partial charge >= 0.3 is 0 Å². The molecule has 2 N–H and O–H groups in total. The molecule has 1 amide bonds. The third-order valence-corrected chi connectivity index (χ3v) is 5.16. The summed E-state index contributed by atoms with van der Waals surface area (Å²) in [4.78, 5) is 14.3. The SMILES string of the molecule is COc1ccc(C)cc1C(=O)NCc1ccccc1C[NH+]1CCCCC1. The number of piperidine rings is 1. The molecule has 0 aromatic heterocycles. The number of hydrogen-bond donors (Lipinski definition) is 2. The number of amides is 1. The van der Waals surface area contributed by atoms with E-state index in [9.17, 15) is 4.79 Å². The maximum Gasteiger partial charge on any atom is 0.255 e. The zero-order valence-corrected chi connectivity index (χ0v) is 15.8. The van der Waals surface area contributed by atoms with Gasteiger partial charge in [-0.25, -0.2) is 0 Å². The van der Waals surface area contributed by atoms with Crippen molar-refractivity contribution in [3.8, 4) is 5.75 Å². The first-order valence-corrected chi connectivity index (χ1v) is 9.50. The summed E-state index contributed by atoms with van der Waals surface area (Å²) in [7, 11) is 1.60. The van der Waals surface area contributed by atoms with E-state index in [1.807, 2.05) is 31.2 Å². The van der Waals surface area contributed by atoms with Crippen LogP contribution in [0.4, 0.5) is 0 Å². The fraction of sp³-hybridized carbons (Fsp3) is 0.409. The van der Waals surface area contributed by atoms with Gasteiger partial charge in [0.1, 0.15) is 12.3 Å². The highest BCUT2D eigenvalue weighted by atomic mass is 16.5. The second-order valence-electron chi connectivity index (χ2n) is 7.14. The van der Waals surface area contributed by atoms with Gasteiger partial charge in [-0.3, -0.25) is 4.79 Å². The predicted molar refractivity (Wildman–Crippen MR) is 104 cm³/mol. The van der Waals surface area contributed by atoms with Crippen LogP contribution in [0.2, 0.25) is 0 Å². The molecule has 0 spiro atoms. The fourth-order valence-electron chi connectivity index (χ4n) is 3.67. The first-order valence-electron chi connectivity index (χ1n) is 9.50. The monoisotopic (exact) mass is 353 g/mol. The van der Waals surface area contributed by atoms with Crippen LogP contribution in [0.1, 0.15) is 46.3 Å². The van der Waals surface area contributed by atoms with Crippen LogP contribution in [0.25, 0.3) is 0 Å². The van der Waals surface area contributed by atoms with Crippen molar-refractivity contribution in [2.24, 2.45) is 0 Å². The lowest BCUT2D eigenvalue weighted by atomic mass is 10.0. The normalized spacial score (nSPS) is 14.8. The molecule has 0 radical (unpaired) electrons. The summed E-state index contributed by atoms with van der Waals surface area (Å²) >= 11 is 0. The van der Waals surface area contributed by atoms with E-state index in [1.165, 1.54) is 43.5 Å². The highest BCUT2D eigenvalue weighted by Gasteiger charge is 2.17. The number of benzene rings is 2. The van der Waals surface area contributed by atoms with Crippen molar-refractivity contribution >= 4 is 5.91 Å². The van der Waals surface area contributed by atoms with Crippen LogP contribution in [-0.2, 0) is 13.1 Å². The summed E-state index contributed by atoms with van der Waals surface area (Å²) < 4.78 is 5.33. The van der Waals surface area contributed by atoms with Gasteiger partial charge in [0.2, 0.25) is 0 Å². The molecule has 4 nitrogen and oxygen atoms in total. The van der Waals surface area contributed by atoms with Gasteiger partial charge in [0.05, 0.1) is 25.8 Å². The molecule has 1 heterocycles. The van der Waals surface area contributed by atoms with Crippen LogP contribution < -0.4 is 15.0 Å². The van der Waals surface area contributed by atoms with Crippen LogP contribution in [0, 0.1) is 6.92 Å². The van der Waals surface area contributed by atoms with Crippen molar-refractivity contribution in [2.45, 2.75) is 39.3 Å². The van der Waals surface area contributed by atoms with E-state index in [1.54, 1.807) is 12.0 Å². The van der Waals surface area contributed by atoms with Gasteiger partial charge in [0, 0.05) is 12.1 Å². The molecule has 0 aliphatic carbocycles. The molecule has 2 aromatic rings. The third-order valence-electron chi connectivity index (χ3n) is 5.16. The fourth-order valence-corrected chi connectivity index (χ4v) is 3.67. The van der Waals surface area contributed by atoms with Gasteiger partial charge in [-0.1, -0.05) is 35.9 Å². The molecule has 1 aliphatic rings. The van der Waals surface area contributed by atoms with Gasteiger partial charge in [-0.05, 0) is 43.9 Å². The van der Waals surface area contributed by atoms with E-state index in [0.717, 1.165) is 12.1 Å². The van der Waals surface area contributed by atoms with Gasteiger partial charge < -0.3 is 15.0 Å². The van der Waals surface area contributed by atoms with Gasteiger partial charge in [0.15, 0.2) is 0 Å². The maximum atomic E-state index is 12.7. The Morgan fingerprint density at radius 3 is 2.54 bits per heavy atom. The second-order valence-corrected chi connectivity index (χ2v) is 7.14. The van der Waals surface area contributed by atoms with E-state index in [-0.39, 0.29) is 5.91 Å². The average Bonchev–Trinajstić information content (AvgIpc) is 2.68. The zero-order chi connectivity index (χ0) is 18.4. The largest absolute Gasteiger partial charge is 0.496 e. The molecular weight excluding hydrogens is 324 g/mol. The van der Waals surface area contributed by atoms with Gasteiger partial charge in [-0.15, -0.1) is 0 Å². The molecule has 0 saturated carbocycles. The lowest BCUT2D eigenvalue weighted by Gasteiger charge is -2.24. The third kappa shape index (κ3) is 4.64. The number of carbonyl (C=O) groups is 1. The second kappa shape index (κ2) is 8.86. The Morgan fingerprint density at radius 2 is 1.81 bits per heavy atom. The number of quaternary nitrogens is 1. The van der Waals surface area contributed by atoms with Crippen LogP contribution in [0.5, 0.6) is 5.75 Å². The molecule has 3 rings (SSSR count). The summed E-state index contributed by atoms with van der Waals surface area (Å²) in [5.74, 6) is 0.518. The molecule has 0 unspecified atom stereocenters. The average molecular weight is 353 g/mol. The summed E-state index contributed by atoms with van der Waals surface area (Å²) in [6.45, 7) is 6.06. The number of hydrogen-bond acceptors (Lipinski definition) is 2. The minimum atomic E-state index is -0.0920. The quantitative estimate of drug-likeness (QED) is 0.838. The Morgan fingerprint density at radius 1 is 1.08 bits per heavy atom. The predicted octanol–water partition coefficient (Wildman–Crippen LogP) is 2.50. The number of likely N-dealkylation sites (tertiary alicyclic amines) is 1. The maximum absolute atomic E-state index is 12.7. The van der Waals surface area contributed by atoms with E-state index >= 15 is 0 Å². The minimum Gasteiger partial charge on any atom is -0.496 e. The summed E-state index contributed by atoms with van der Waals surface area (Å²) in [5.41, 5.74) is 4.17. The van der Waals surface area contributed by atoms with E-state index in [2.05, 4.69) is 23.5 Å². The summed E-state index contributed by atoms with van der Waals surface area (Å²) in [6.07, 6.45) is 4.00. The molecule has 26 heavy (non-hydrogen) atoms. The molecule has 138 valence electrons.